The van der Waals surface area contributed by atoms with E-state index >= 15 is 0 Å². The molecular formula is C13H7F4N3. The van der Waals surface area contributed by atoms with Crippen molar-refractivity contribution >= 4 is 16.7 Å². The molecule has 0 aliphatic heterocycles. The molecule has 0 saturated heterocycles. The summed E-state index contributed by atoms with van der Waals surface area (Å²) in [5.74, 6) is -5.92. The van der Waals surface area contributed by atoms with E-state index < -0.39 is 29.0 Å². The van der Waals surface area contributed by atoms with Crippen LogP contribution in [-0.4, -0.2) is 9.55 Å². The van der Waals surface area contributed by atoms with Crippen molar-refractivity contribution in [2.75, 3.05) is 5.73 Å². The molecule has 0 spiro atoms. The van der Waals surface area contributed by atoms with Crippen LogP contribution in [0.25, 0.3) is 16.7 Å². The van der Waals surface area contributed by atoms with Gasteiger partial charge in [0.1, 0.15) is 12.0 Å². The van der Waals surface area contributed by atoms with Gasteiger partial charge < -0.3 is 5.73 Å². The Morgan fingerprint density at radius 3 is 2.25 bits per heavy atom. The highest BCUT2D eigenvalue weighted by atomic mass is 19.2. The normalized spacial score (nSPS) is 11.2. The van der Waals surface area contributed by atoms with E-state index in [0.717, 1.165) is 10.9 Å². The Labute approximate surface area is 110 Å². The first-order valence-electron chi connectivity index (χ1n) is 5.55. The summed E-state index contributed by atoms with van der Waals surface area (Å²) in [4.78, 5) is 3.90. The molecule has 1 heterocycles. The zero-order valence-electron chi connectivity index (χ0n) is 9.87. The topological polar surface area (TPSA) is 43.8 Å². The molecule has 2 N–H and O–H groups in total. The van der Waals surface area contributed by atoms with Gasteiger partial charge in [-0.1, -0.05) is 0 Å². The van der Waals surface area contributed by atoms with E-state index in [-0.39, 0.29) is 11.6 Å². The summed E-state index contributed by atoms with van der Waals surface area (Å²) in [5, 5.41) is 0. The SMILES string of the molecule is Nc1ccc2c(c1)ncn2-c1c(F)c(F)cc(F)c1F. The van der Waals surface area contributed by atoms with Crippen molar-refractivity contribution in [1.29, 1.82) is 0 Å². The standard InChI is InChI=1S/C13H7F4N3/c14-7-4-8(15)12(17)13(11(7)16)20-5-19-9-3-6(18)1-2-10(9)20/h1-5H,18H2. The number of hydrogen-bond acceptors (Lipinski definition) is 2. The molecule has 0 unspecified atom stereocenters. The summed E-state index contributed by atoms with van der Waals surface area (Å²) < 4.78 is 54.9. The molecule has 0 saturated carbocycles. The van der Waals surface area contributed by atoms with Gasteiger partial charge in [0.2, 0.25) is 0 Å². The van der Waals surface area contributed by atoms with Crippen LogP contribution in [0.2, 0.25) is 0 Å². The van der Waals surface area contributed by atoms with Crippen LogP contribution in [-0.2, 0) is 0 Å². The lowest BCUT2D eigenvalue weighted by atomic mass is 10.2. The Balaban J connectivity index is 2.37. The molecule has 0 atom stereocenters. The number of fused-ring (bicyclic) bond motifs is 1. The van der Waals surface area contributed by atoms with Crippen molar-refractivity contribution < 1.29 is 17.6 Å². The molecule has 0 amide bonds. The minimum Gasteiger partial charge on any atom is -0.399 e. The van der Waals surface area contributed by atoms with Gasteiger partial charge in [0.25, 0.3) is 0 Å². The summed E-state index contributed by atoms with van der Waals surface area (Å²) in [7, 11) is 0. The van der Waals surface area contributed by atoms with Crippen molar-refractivity contribution in [3.05, 3.63) is 53.9 Å². The third kappa shape index (κ3) is 1.70. The predicted octanol–water partition coefficient (Wildman–Crippen LogP) is 3.16. The summed E-state index contributed by atoms with van der Waals surface area (Å²) in [5.41, 5.74) is 5.76. The number of nitrogens with zero attached hydrogens (tertiary/aromatic N) is 2. The fourth-order valence-corrected chi connectivity index (χ4v) is 1.98. The monoisotopic (exact) mass is 281 g/mol. The number of benzene rings is 2. The predicted molar refractivity (Wildman–Crippen MR) is 65.3 cm³/mol. The van der Waals surface area contributed by atoms with Crippen molar-refractivity contribution in [2.24, 2.45) is 0 Å². The molecule has 0 radical (unpaired) electrons. The van der Waals surface area contributed by atoms with Gasteiger partial charge in [-0.3, -0.25) is 4.57 Å². The van der Waals surface area contributed by atoms with Crippen LogP contribution in [0.1, 0.15) is 0 Å². The number of rotatable bonds is 1. The van der Waals surface area contributed by atoms with Crippen LogP contribution in [0.5, 0.6) is 0 Å². The van der Waals surface area contributed by atoms with Crippen LogP contribution in [0.15, 0.2) is 30.6 Å². The van der Waals surface area contributed by atoms with E-state index in [4.69, 9.17) is 5.73 Å². The average Bonchev–Trinajstić information content (AvgIpc) is 2.80. The molecule has 3 aromatic rings. The highest BCUT2D eigenvalue weighted by molar-refractivity contribution is 5.80. The van der Waals surface area contributed by atoms with Crippen LogP contribution < -0.4 is 5.73 Å². The minimum absolute atomic E-state index is 0.158. The number of nitrogen functional groups attached to an aromatic ring is 1. The van der Waals surface area contributed by atoms with Gasteiger partial charge in [-0.15, -0.1) is 0 Å². The molecule has 3 rings (SSSR count). The second-order valence-corrected chi connectivity index (χ2v) is 4.18. The number of hydrogen-bond donors (Lipinski definition) is 1. The molecule has 0 bridgehead atoms. The highest BCUT2D eigenvalue weighted by Crippen LogP contribution is 2.27. The first-order valence-corrected chi connectivity index (χ1v) is 5.55. The molecular weight excluding hydrogens is 274 g/mol. The lowest BCUT2D eigenvalue weighted by Crippen LogP contribution is -2.05. The number of halogens is 4. The molecule has 102 valence electrons. The first kappa shape index (κ1) is 12.5. The molecule has 0 aliphatic carbocycles. The smallest absolute Gasteiger partial charge is 0.186 e. The lowest BCUT2D eigenvalue weighted by Gasteiger charge is -2.08. The largest absolute Gasteiger partial charge is 0.399 e. The molecule has 0 aliphatic rings. The van der Waals surface area contributed by atoms with Crippen molar-refractivity contribution in [3.8, 4) is 5.69 Å². The molecule has 2 aromatic carbocycles. The van der Waals surface area contributed by atoms with Gasteiger partial charge in [0.15, 0.2) is 23.3 Å². The third-order valence-electron chi connectivity index (χ3n) is 2.90. The Hall–Kier alpha value is -2.57. The maximum atomic E-state index is 13.8. The van der Waals surface area contributed by atoms with Crippen molar-refractivity contribution in [1.82, 2.24) is 9.55 Å². The van der Waals surface area contributed by atoms with Gasteiger partial charge in [-0.25, -0.2) is 22.5 Å². The minimum atomic E-state index is -1.49. The fraction of sp³-hybridized carbons (Fsp3) is 0. The van der Waals surface area contributed by atoms with Crippen LogP contribution in [0.3, 0.4) is 0 Å². The zero-order valence-corrected chi connectivity index (χ0v) is 9.87. The molecule has 7 heteroatoms. The fourth-order valence-electron chi connectivity index (χ4n) is 1.98. The molecule has 3 nitrogen and oxygen atoms in total. The van der Waals surface area contributed by atoms with Gasteiger partial charge >= 0.3 is 0 Å². The first-order chi connectivity index (χ1) is 9.49. The van der Waals surface area contributed by atoms with Crippen LogP contribution in [0.4, 0.5) is 23.2 Å². The lowest BCUT2D eigenvalue weighted by molar-refractivity contribution is 0.448. The molecule has 1 aromatic heterocycles. The van der Waals surface area contributed by atoms with Crippen molar-refractivity contribution in [2.45, 2.75) is 0 Å². The van der Waals surface area contributed by atoms with E-state index in [1.54, 1.807) is 0 Å². The Morgan fingerprint density at radius 1 is 0.950 bits per heavy atom. The van der Waals surface area contributed by atoms with E-state index in [0.29, 0.717) is 11.2 Å². The maximum Gasteiger partial charge on any atom is 0.186 e. The highest BCUT2D eigenvalue weighted by Gasteiger charge is 2.21. The summed E-state index contributed by atoms with van der Waals surface area (Å²) in [6.45, 7) is 0. The molecule has 0 fully saturated rings. The van der Waals surface area contributed by atoms with E-state index in [1.807, 2.05) is 0 Å². The van der Waals surface area contributed by atoms with Gasteiger partial charge in [0, 0.05) is 11.8 Å². The maximum absolute atomic E-state index is 13.8. The average molecular weight is 281 g/mol. The quantitative estimate of drug-likeness (QED) is 0.423. The zero-order chi connectivity index (χ0) is 14.4. The summed E-state index contributed by atoms with van der Waals surface area (Å²) >= 11 is 0. The van der Waals surface area contributed by atoms with E-state index in [1.165, 1.54) is 18.2 Å². The van der Waals surface area contributed by atoms with Crippen LogP contribution >= 0.6 is 0 Å². The summed E-state index contributed by atoms with van der Waals surface area (Å²) in [6.07, 6.45) is 1.07. The number of aromatic nitrogens is 2. The van der Waals surface area contributed by atoms with Crippen molar-refractivity contribution in [3.63, 3.8) is 0 Å². The third-order valence-corrected chi connectivity index (χ3v) is 2.90. The number of imidazole rings is 1. The number of nitrogens with two attached hydrogens (primary N) is 1. The Morgan fingerprint density at radius 2 is 1.60 bits per heavy atom. The van der Waals surface area contributed by atoms with E-state index in [2.05, 4.69) is 4.98 Å². The Bertz CT molecular complexity index is 800. The van der Waals surface area contributed by atoms with Gasteiger partial charge in [-0.2, -0.15) is 0 Å². The van der Waals surface area contributed by atoms with Crippen LogP contribution in [0, 0.1) is 23.3 Å². The summed E-state index contributed by atoms with van der Waals surface area (Å²) in [6, 6.07) is 4.59. The molecule has 20 heavy (non-hydrogen) atoms. The van der Waals surface area contributed by atoms with Gasteiger partial charge in [0.05, 0.1) is 11.0 Å². The van der Waals surface area contributed by atoms with E-state index in [9.17, 15) is 17.6 Å². The second-order valence-electron chi connectivity index (χ2n) is 4.18. The second kappa shape index (κ2) is 4.22. The number of anilines is 1. The van der Waals surface area contributed by atoms with Gasteiger partial charge in [-0.05, 0) is 18.2 Å². The Kier molecular flexibility index (Phi) is 2.63.